The number of carbonyl (C=O) groups excluding carboxylic acids is 1. The number of amides is 1. The number of anilines is 1. The lowest BCUT2D eigenvalue weighted by Crippen LogP contribution is -2.12. The molecule has 1 aromatic carbocycles. The number of halogens is 2. The summed E-state index contributed by atoms with van der Waals surface area (Å²) < 4.78 is 4.83. The van der Waals surface area contributed by atoms with Crippen LogP contribution in [0.4, 0.5) is 5.82 Å². The van der Waals surface area contributed by atoms with Crippen molar-refractivity contribution in [3.8, 4) is 0 Å². The SMILES string of the molecule is Cc1cc(NC(=O)c2cc(Cl)cc(Cl)c2)no1. The van der Waals surface area contributed by atoms with Crippen molar-refractivity contribution in [3.05, 3.63) is 45.6 Å². The maximum absolute atomic E-state index is 11.8. The lowest BCUT2D eigenvalue weighted by Gasteiger charge is -2.02. The first-order chi connectivity index (χ1) is 8.04. The van der Waals surface area contributed by atoms with Crippen LogP contribution in [0.15, 0.2) is 28.8 Å². The molecule has 0 spiro atoms. The Hall–Kier alpha value is -1.52. The fraction of sp³-hybridized carbons (Fsp3) is 0.0909. The molecule has 0 unspecified atom stereocenters. The minimum Gasteiger partial charge on any atom is -0.360 e. The molecule has 0 atom stereocenters. The van der Waals surface area contributed by atoms with E-state index in [0.717, 1.165) is 0 Å². The van der Waals surface area contributed by atoms with E-state index in [0.29, 0.717) is 27.2 Å². The minimum absolute atomic E-state index is 0.345. The van der Waals surface area contributed by atoms with Gasteiger partial charge in [-0.3, -0.25) is 4.79 Å². The number of carbonyl (C=O) groups is 1. The van der Waals surface area contributed by atoms with Crippen LogP contribution in [0.5, 0.6) is 0 Å². The van der Waals surface area contributed by atoms with Gasteiger partial charge in [0.05, 0.1) is 0 Å². The van der Waals surface area contributed by atoms with E-state index >= 15 is 0 Å². The Morgan fingerprint density at radius 1 is 1.24 bits per heavy atom. The summed E-state index contributed by atoms with van der Waals surface area (Å²) in [5, 5.41) is 7.03. The van der Waals surface area contributed by atoms with Crippen LogP contribution in [-0.4, -0.2) is 11.1 Å². The van der Waals surface area contributed by atoms with Gasteiger partial charge in [0.2, 0.25) is 0 Å². The molecule has 0 bridgehead atoms. The fourth-order valence-electron chi connectivity index (χ4n) is 1.30. The van der Waals surface area contributed by atoms with Gasteiger partial charge in [0.15, 0.2) is 5.82 Å². The summed E-state index contributed by atoms with van der Waals surface area (Å²) in [4.78, 5) is 11.8. The summed E-state index contributed by atoms with van der Waals surface area (Å²) in [5.74, 6) is 0.621. The van der Waals surface area contributed by atoms with Gasteiger partial charge in [-0.05, 0) is 25.1 Å². The molecule has 4 nitrogen and oxygen atoms in total. The van der Waals surface area contributed by atoms with Crippen molar-refractivity contribution in [3.63, 3.8) is 0 Å². The van der Waals surface area contributed by atoms with Crippen molar-refractivity contribution in [2.75, 3.05) is 5.32 Å². The maximum Gasteiger partial charge on any atom is 0.257 e. The predicted molar refractivity (Wildman–Crippen MR) is 65.7 cm³/mol. The molecule has 1 heterocycles. The van der Waals surface area contributed by atoms with E-state index in [-0.39, 0.29) is 5.91 Å². The lowest BCUT2D eigenvalue weighted by molar-refractivity contribution is 0.102. The molecule has 2 aromatic rings. The molecule has 0 aliphatic carbocycles. The number of benzene rings is 1. The Morgan fingerprint density at radius 2 is 1.88 bits per heavy atom. The zero-order chi connectivity index (χ0) is 12.4. The molecule has 1 N–H and O–H groups in total. The smallest absolute Gasteiger partial charge is 0.257 e. The standard InChI is InChI=1S/C11H8Cl2N2O2/c1-6-2-10(15-17-6)14-11(16)7-3-8(12)5-9(13)4-7/h2-5H,1H3,(H,14,15,16). The summed E-state index contributed by atoms with van der Waals surface area (Å²) in [6.45, 7) is 1.74. The second kappa shape index (κ2) is 4.77. The van der Waals surface area contributed by atoms with Crippen molar-refractivity contribution >= 4 is 34.9 Å². The van der Waals surface area contributed by atoms with Crippen molar-refractivity contribution < 1.29 is 9.32 Å². The number of rotatable bonds is 2. The van der Waals surface area contributed by atoms with Gasteiger partial charge in [-0.2, -0.15) is 0 Å². The molecule has 2 rings (SSSR count). The average molecular weight is 271 g/mol. The molecular formula is C11H8Cl2N2O2. The molecule has 0 aliphatic heterocycles. The van der Waals surface area contributed by atoms with E-state index in [2.05, 4.69) is 10.5 Å². The topological polar surface area (TPSA) is 55.1 Å². The highest BCUT2D eigenvalue weighted by atomic mass is 35.5. The van der Waals surface area contributed by atoms with Gasteiger partial charge >= 0.3 is 0 Å². The summed E-state index contributed by atoms with van der Waals surface area (Å²) in [6, 6.07) is 6.22. The van der Waals surface area contributed by atoms with Crippen LogP contribution in [0, 0.1) is 6.92 Å². The van der Waals surface area contributed by atoms with Crippen molar-refractivity contribution in [2.45, 2.75) is 6.92 Å². The van der Waals surface area contributed by atoms with Crippen LogP contribution in [0.2, 0.25) is 10.0 Å². The first kappa shape index (κ1) is 12.0. The van der Waals surface area contributed by atoms with Crippen LogP contribution in [0.25, 0.3) is 0 Å². The van der Waals surface area contributed by atoms with E-state index in [9.17, 15) is 4.79 Å². The van der Waals surface area contributed by atoms with Crippen molar-refractivity contribution in [1.82, 2.24) is 5.16 Å². The first-order valence-electron chi connectivity index (χ1n) is 4.75. The highest BCUT2D eigenvalue weighted by molar-refractivity contribution is 6.35. The Bertz CT molecular complexity index is 546. The van der Waals surface area contributed by atoms with Crippen LogP contribution in [0.1, 0.15) is 16.1 Å². The van der Waals surface area contributed by atoms with E-state index in [4.69, 9.17) is 27.7 Å². The third-order valence-corrected chi connectivity index (χ3v) is 2.43. The van der Waals surface area contributed by atoms with E-state index < -0.39 is 0 Å². The Balaban J connectivity index is 2.19. The highest BCUT2D eigenvalue weighted by Crippen LogP contribution is 2.20. The Morgan fingerprint density at radius 3 is 2.41 bits per heavy atom. The second-order valence-electron chi connectivity index (χ2n) is 3.44. The monoisotopic (exact) mass is 270 g/mol. The molecule has 1 aromatic heterocycles. The minimum atomic E-state index is -0.345. The number of hydrogen-bond acceptors (Lipinski definition) is 3. The van der Waals surface area contributed by atoms with Crippen molar-refractivity contribution in [1.29, 1.82) is 0 Å². The zero-order valence-electron chi connectivity index (χ0n) is 8.83. The van der Waals surface area contributed by atoms with Crippen LogP contribution in [-0.2, 0) is 0 Å². The Labute approximate surface area is 108 Å². The number of aryl methyl sites for hydroxylation is 1. The Kier molecular flexibility index (Phi) is 3.36. The van der Waals surface area contributed by atoms with Gasteiger partial charge < -0.3 is 9.84 Å². The summed E-state index contributed by atoms with van der Waals surface area (Å²) in [6.07, 6.45) is 0. The van der Waals surface area contributed by atoms with E-state index in [1.165, 1.54) is 12.1 Å². The quantitative estimate of drug-likeness (QED) is 0.908. The van der Waals surface area contributed by atoms with Gasteiger partial charge in [0.1, 0.15) is 5.76 Å². The van der Waals surface area contributed by atoms with E-state index in [1.807, 2.05) is 0 Å². The van der Waals surface area contributed by atoms with Crippen LogP contribution >= 0.6 is 23.2 Å². The molecule has 0 radical (unpaired) electrons. The van der Waals surface area contributed by atoms with Gasteiger partial charge in [0, 0.05) is 21.7 Å². The molecule has 0 saturated heterocycles. The molecule has 1 amide bonds. The third kappa shape index (κ3) is 2.99. The molecule has 17 heavy (non-hydrogen) atoms. The van der Waals surface area contributed by atoms with E-state index in [1.54, 1.807) is 19.1 Å². The number of nitrogens with one attached hydrogen (secondary N) is 1. The maximum atomic E-state index is 11.8. The average Bonchev–Trinajstić information content (AvgIpc) is 2.62. The molecule has 88 valence electrons. The molecule has 0 saturated carbocycles. The van der Waals surface area contributed by atoms with Crippen LogP contribution in [0.3, 0.4) is 0 Å². The van der Waals surface area contributed by atoms with Gasteiger partial charge in [-0.25, -0.2) is 0 Å². The van der Waals surface area contributed by atoms with Crippen molar-refractivity contribution in [2.24, 2.45) is 0 Å². The molecule has 6 heteroatoms. The number of aromatic nitrogens is 1. The highest BCUT2D eigenvalue weighted by Gasteiger charge is 2.10. The first-order valence-corrected chi connectivity index (χ1v) is 5.51. The second-order valence-corrected chi connectivity index (χ2v) is 4.31. The van der Waals surface area contributed by atoms with Gasteiger partial charge in [-0.15, -0.1) is 0 Å². The van der Waals surface area contributed by atoms with Crippen LogP contribution < -0.4 is 5.32 Å². The largest absolute Gasteiger partial charge is 0.360 e. The van der Waals surface area contributed by atoms with Gasteiger partial charge in [0.25, 0.3) is 5.91 Å². The lowest BCUT2D eigenvalue weighted by atomic mass is 10.2. The molecular weight excluding hydrogens is 263 g/mol. The number of hydrogen-bond donors (Lipinski definition) is 1. The third-order valence-electron chi connectivity index (χ3n) is 1.99. The molecule has 0 aliphatic rings. The van der Waals surface area contributed by atoms with Gasteiger partial charge in [-0.1, -0.05) is 28.4 Å². The zero-order valence-corrected chi connectivity index (χ0v) is 10.3. The summed E-state index contributed by atoms with van der Waals surface area (Å²) in [5.41, 5.74) is 0.364. The summed E-state index contributed by atoms with van der Waals surface area (Å²) in [7, 11) is 0. The number of nitrogens with zero attached hydrogens (tertiary/aromatic N) is 1. The predicted octanol–water partition coefficient (Wildman–Crippen LogP) is 3.54. The summed E-state index contributed by atoms with van der Waals surface area (Å²) >= 11 is 11.6. The molecule has 0 fully saturated rings. The normalized spacial score (nSPS) is 10.3. The fourth-order valence-corrected chi connectivity index (χ4v) is 1.82.